The zero-order valence-electron chi connectivity index (χ0n) is 12.9. The van der Waals surface area contributed by atoms with E-state index in [2.05, 4.69) is 52.9 Å². The Balaban J connectivity index is 1.96. The highest BCUT2D eigenvalue weighted by atomic mass is 79.9. The third-order valence-electron chi connectivity index (χ3n) is 4.86. The number of anilines is 1. The fourth-order valence-electron chi connectivity index (χ4n) is 3.65. The number of nitrogens with zero attached hydrogens (tertiary/aromatic N) is 1. The van der Waals surface area contributed by atoms with Crippen LogP contribution < -0.4 is 4.90 Å². The molecule has 0 bridgehead atoms. The molecule has 0 saturated carbocycles. The van der Waals surface area contributed by atoms with Gasteiger partial charge in [0.15, 0.2) is 0 Å². The molecule has 0 aliphatic carbocycles. The molecule has 0 atom stereocenters. The molecule has 2 aliphatic heterocycles. The highest BCUT2D eigenvalue weighted by Gasteiger charge is 2.44. The Morgan fingerprint density at radius 3 is 2.71 bits per heavy atom. The first-order valence-electron chi connectivity index (χ1n) is 7.69. The molecule has 2 aliphatic rings. The maximum absolute atomic E-state index is 9.60. The van der Waals surface area contributed by atoms with Gasteiger partial charge < -0.3 is 14.7 Å². The van der Waals surface area contributed by atoms with Crippen molar-refractivity contribution in [3.63, 3.8) is 0 Å². The maximum Gasteiger partial charge on any atom is 0.0499 e. The maximum atomic E-state index is 9.60. The number of rotatable bonds is 3. The van der Waals surface area contributed by atoms with Crippen LogP contribution in [0.5, 0.6) is 0 Å². The lowest BCUT2D eigenvalue weighted by molar-refractivity contribution is 0.0546. The summed E-state index contributed by atoms with van der Waals surface area (Å²) in [7, 11) is 0. The molecule has 0 radical (unpaired) electrons. The highest BCUT2D eigenvalue weighted by molar-refractivity contribution is 9.10. The van der Waals surface area contributed by atoms with Crippen LogP contribution in [-0.2, 0) is 10.2 Å². The van der Waals surface area contributed by atoms with Crippen molar-refractivity contribution in [1.29, 1.82) is 0 Å². The number of aliphatic hydroxyl groups excluding tert-OH is 1. The Bertz CT molecular complexity index is 524. The van der Waals surface area contributed by atoms with Crippen LogP contribution in [-0.4, -0.2) is 38.0 Å². The van der Waals surface area contributed by atoms with Crippen LogP contribution in [0.2, 0.25) is 0 Å². The van der Waals surface area contributed by atoms with Gasteiger partial charge in [-0.25, -0.2) is 0 Å². The average molecular weight is 354 g/mol. The largest absolute Gasteiger partial charge is 0.396 e. The number of fused-ring (bicyclic) bond motifs is 2. The number of benzene rings is 1. The van der Waals surface area contributed by atoms with Crippen LogP contribution in [0.25, 0.3) is 0 Å². The molecule has 116 valence electrons. The van der Waals surface area contributed by atoms with Crippen LogP contribution in [0.3, 0.4) is 0 Å². The molecule has 1 aromatic rings. The number of aliphatic hydroxyl groups is 1. The molecular formula is C17H24BrNO2. The predicted octanol–water partition coefficient (Wildman–Crippen LogP) is 3.34. The molecule has 21 heavy (non-hydrogen) atoms. The Morgan fingerprint density at radius 2 is 2.05 bits per heavy atom. The average Bonchev–Trinajstić information content (AvgIpc) is 2.72. The van der Waals surface area contributed by atoms with Crippen molar-refractivity contribution in [2.45, 2.75) is 32.1 Å². The van der Waals surface area contributed by atoms with Gasteiger partial charge in [0, 0.05) is 53.9 Å². The van der Waals surface area contributed by atoms with E-state index in [0.29, 0.717) is 0 Å². The van der Waals surface area contributed by atoms with Gasteiger partial charge >= 0.3 is 0 Å². The normalized spacial score (nSPS) is 20.9. The van der Waals surface area contributed by atoms with Crippen LogP contribution in [0.1, 0.15) is 32.3 Å². The third kappa shape index (κ3) is 2.86. The van der Waals surface area contributed by atoms with Gasteiger partial charge in [0.05, 0.1) is 0 Å². The molecule has 1 aromatic carbocycles. The molecule has 0 aromatic heterocycles. The van der Waals surface area contributed by atoms with E-state index >= 15 is 0 Å². The second-order valence-corrected chi connectivity index (χ2v) is 8.15. The predicted molar refractivity (Wildman–Crippen MR) is 89.0 cm³/mol. The molecule has 0 amide bonds. The molecule has 2 heterocycles. The number of hydrogen-bond donors (Lipinski definition) is 1. The van der Waals surface area contributed by atoms with Gasteiger partial charge in [0.2, 0.25) is 0 Å². The van der Waals surface area contributed by atoms with Crippen LogP contribution in [0, 0.1) is 5.41 Å². The van der Waals surface area contributed by atoms with E-state index in [1.165, 1.54) is 11.3 Å². The van der Waals surface area contributed by atoms with E-state index in [1.54, 1.807) is 0 Å². The van der Waals surface area contributed by atoms with E-state index in [9.17, 15) is 5.11 Å². The lowest BCUT2D eigenvalue weighted by Crippen LogP contribution is -2.42. The molecule has 4 heteroatoms. The lowest BCUT2D eigenvalue weighted by atomic mass is 9.76. The number of hydrogen-bond acceptors (Lipinski definition) is 3. The molecule has 1 spiro atoms. The Labute approximate surface area is 135 Å². The molecular weight excluding hydrogens is 330 g/mol. The third-order valence-corrected chi connectivity index (χ3v) is 5.36. The van der Waals surface area contributed by atoms with E-state index in [0.717, 1.165) is 43.6 Å². The van der Waals surface area contributed by atoms with E-state index in [-0.39, 0.29) is 17.4 Å². The summed E-state index contributed by atoms with van der Waals surface area (Å²) in [5, 5.41) is 9.60. The van der Waals surface area contributed by atoms with Crippen molar-refractivity contribution < 1.29 is 9.84 Å². The molecule has 1 fully saturated rings. The summed E-state index contributed by atoms with van der Waals surface area (Å²) in [6.07, 6.45) is 2.19. The quantitative estimate of drug-likeness (QED) is 0.904. The summed E-state index contributed by atoms with van der Waals surface area (Å²) in [5.41, 5.74) is 2.94. The van der Waals surface area contributed by atoms with Crippen LogP contribution in [0.4, 0.5) is 5.69 Å². The summed E-state index contributed by atoms with van der Waals surface area (Å²) in [5.74, 6) is 0. The van der Waals surface area contributed by atoms with Crippen LogP contribution in [0.15, 0.2) is 22.7 Å². The van der Waals surface area contributed by atoms with Crippen molar-refractivity contribution in [3.05, 3.63) is 28.2 Å². The lowest BCUT2D eigenvalue weighted by Gasteiger charge is -2.36. The Hall–Kier alpha value is -0.580. The van der Waals surface area contributed by atoms with E-state index in [1.807, 2.05) is 0 Å². The molecule has 3 nitrogen and oxygen atoms in total. The number of ether oxygens (including phenoxy) is 1. The topological polar surface area (TPSA) is 32.7 Å². The molecule has 1 N–H and O–H groups in total. The SMILES string of the molecule is CC(C)(CO)CN1CC2(CCOCC2)c2ccc(Br)cc21. The first kappa shape index (κ1) is 15.3. The number of halogens is 1. The van der Waals surface area contributed by atoms with Gasteiger partial charge in [-0.15, -0.1) is 0 Å². The van der Waals surface area contributed by atoms with Crippen molar-refractivity contribution >= 4 is 21.6 Å². The summed E-state index contributed by atoms with van der Waals surface area (Å²) >= 11 is 3.60. The molecule has 3 rings (SSSR count). The summed E-state index contributed by atoms with van der Waals surface area (Å²) in [4.78, 5) is 2.46. The zero-order chi connectivity index (χ0) is 15.1. The van der Waals surface area contributed by atoms with Gasteiger partial charge in [-0.3, -0.25) is 0 Å². The fourth-order valence-corrected chi connectivity index (χ4v) is 4.00. The second-order valence-electron chi connectivity index (χ2n) is 7.23. The minimum atomic E-state index is -0.0870. The first-order valence-corrected chi connectivity index (χ1v) is 8.49. The zero-order valence-corrected chi connectivity index (χ0v) is 14.4. The second kappa shape index (κ2) is 5.56. The molecule has 0 unspecified atom stereocenters. The fraction of sp³-hybridized carbons (Fsp3) is 0.647. The van der Waals surface area contributed by atoms with Crippen molar-refractivity contribution in [2.75, 3.05) is 37.8 Å². The van der Waals surface area contributed by atoms with Crippen molar-refractivity contribution in [2.24, 2.45) is 5.41 Å². The van der Waals surface area contributed by atoms with E-state index < -0.39 is 0 Å². The van der Waals surface area contributed by atoms with Gasteiger partial charge in [0.25, 0.3) is 0 Å². The van der Waals surface area contributed by atoms with Gasteiger partial charge in [-0.2, -0.15) is 0 Å². The Kier molecular flexibility index (Phi) is 4.06. The smallest absolute Gasteiger partial charge is 0.0499 e. The summed E-state index contributed by atoms with van der Waals surface area (Å²) in [6, 6.07) is 6.65. The van der Waals surface area contributed by atoms with Crippen molar-refractivity contribution in [1.82, 2.24) is 0 Å². The summed E-state index contributed by atoms with van der Waals surface area (Å²) in [6.45, 7) is 8.10. The standard InChI is InChI=1S/C17H24BrNO2/c1-16(2,12-20)10-19-11-17(5-7-21-8-6-17)14-4-3-13(18)9-15(14)19/h3-4,9,20H,5-8,10-12H2,1-2H3. The minimum Gasteiger partial charge on any atom is -0.396 e. The van der Waals surface area contributed by atoms with Gasteiger partial charge in [-0.1, -0.05) is 35.8 Å². The van der Waals surface area contributed by atoms with E-state index in [4.69, 9.17) is 4.74 Å². The highest BCUT2D eigenvalue weighted by Crippen LogP contribution is 2.48. The first-order chi connectivity index (χ1) is 9.96. The van der Waals surface area contributed by atoms with Crippen LogP contribution >= 0.6 is 15.9 Å². The van der Waals surface area contributed by atoms with Gasteiger partial charge in [-0.05, 0) is 30.5 Å². The summed E-state index contributed by atoms with van der Waals surface area (Å²) < 4.78 is 6.71. The Morgan fingerprint density at radius 1 is 1.33 bits per heavy atom. The molecule has 1 saturated heterocycles. The van der Waals surface area contributed by atoms with Crippen molar-refractivity contribution in [3.8, 4) is 0 Å². The minimum absolute atomic E-state index is 0.0870. The monoisotopic (exact) mass is 353 g/mol. The van der Waals surface area contributed by atoms with Gasteiger partial charge in [0.1, 0.15) is 0 Å².